The highest BCUT2D eigenvalue weighted by Crippen LogP contribution is 2.18. The van der Waals surface area contributed by atoms with E-state index in [9.17, 15) is 14.9 Å². The van der Waals surface area contributed by atoms with Crippen molar-refractivity contribution in [3.05, 3.63) is 28.4 Å². The van der Waals surface area contributed by atoms with Gasteiger partial charge in [0.1, 0.15) is 12.0 Å². The summed E-state index contributed by atoms with van der Waals surface area (Å²) < 4.78 is 0. The maximum Gasteiger partial charge on any atom is 0.287 e. The number of unbranched alkanes of at least 4 members (excludes halogenated alkanes) is 3. The van der Waals surface area contributed by atoms with E-state index >= 15 is 0 Å². The lowest BCUT2D eigenvalue weighted by Gasteiger charge is -2.17. The molecule has 26 heavy (non-hydrogen) atoms. The Balaban J connectivity index is 0.00000312. The predicted octanol–water partition coefficient (Wildman–Crippen LogP) is 2.76. The third-order valence-corrected chi connectivity index (χ3v) is 4.20. The fraction of sp³-hybridized carbons (Fsp3) is 0.625. The van der Waals surface area contributed by atoms with Gasteiger partial charge in [-0.25, -0.2) is 4.98 Å². The normalized spacial score (nSPS) is 15.7. The fourth-order valence-corrected chi connectivity index (χ4v) is 2.83. The lowest BCUT2D eigenvalue weighted by atomic mass is 10.1. The second kappa shape index (κ2) is 12.7. The van der Waals surface area contributed by atoms with Crippen LogP contribution in [0.1, 0.15) is 38.5 Å². The number of nitro groups is 1. The molecule has 1 atom stereocenters. The van der Waals surface area contributed by atoms with Crippen molar-refractivity contribution in [2.24, 2.45) is 5.73 Å². The maximum atomic E-state index is 12.2. The molecule has 0 bridgehead atoms. The Bertz CT molecular complexity index is 559. The molecule has 0 saturated carbocycles. The Kier molecular flexibility index (Phi) is 11.9. The van der Waals surface area contributed by atoms with E-state index in [0.29, 0.717) is 25.3 Å². The molecule has 8 nitrogen and oxygen atoms in total. The van der Waals surface area contributed by atoms with E-state index in [-0.39, 0.29) is 42.5 Å². The Labute approximate surface area is 165 Å². The molecule has 0 aromatic carbocycles. The Morgan fingerprint density at radius 2 is 2.04 bits per heavy atom. The molecule has 0 spiro atoms. The van der Waals surface area contributed by atoms with Gasteiger partial charge in [0, 0.05) is 31.6 Å². The number of rotatable bonds is 9. The number of hydrogen-bond donors (Lipinski definition) is 2. The van der Waals surface area contributed by atoms with E-state index in [1.807, 2.05) is 4.90 Å². The van der Waals surface area contributed by atoms with Gasteiger partial charge in [-0.15, -0.1) is 24.8 Å². The average Bonchev–Trinajstić information content (AvgIpc) is 3.03. The summed E-state index contributed by atoms with van der Waals surface area (Å²) in [6, 6.07) is 3.16. The molecule has 1 unspecified atom stereocenters. The van der Waals surface area contributed by atoms with E-state index in [2.05, 4.69) is 10.3 Å². The minimum absolute atomic E-state index is 0. The van der Waals surface area contributed by atoms with Crippen LogP contribution in [0.4, 0.5) is 11.5 Å². The van der Waals surface area contributed by atoms with Gasteiger partial charge >= 0.3 is 0 Å². The summed E-state index contributed by atoms with van der Waals surface area (Å²) in [4.78, 5) is 28.2. The molecular formula is C16H27Cl2N5O3. The van der Waals surface area contributed by atoms with E-state index in [0.717, 1.165) is 38.6 Å². The van der Waals surface area contributed by atoms with E-state index < -0.39 is 4.92 Å². The van der Waals surface area contributed by atoms with Gasteiger partial charge in [-0.2, -0.15) is 0 Å². The first-order valence-electron chi connectivity index (χ1n) is 8.45. The van der Waals surface area contributed by atoms with Gasteiger partial charge in [-0.3, -0.25) is 14.9 Å². The van der Waals surface area contributed by atoms with Gasteiger partial charge in [-0.1, -0.05) is 12.8 Å². The summed E-state index contributed by atoms with van der Waals surface area (Å²) in [7, 11) is 0. The molecule has 148 valence electrons. The number of aromatic nitrogens is 1. The van der Waals surface area contributed by atoms with Gasteiger partial charge in [0.2, 0.25) is 5.91 Å². The number of pyridine rings is 1. The van der Waals surface area contributed by atoms with Crippen LogP contribution in [0.3, 0.4) is 0 Å². The van der Waals surface area contributed by atoms with Crippen molar-refractivity contribution in [1.82, 2.24) is 9.88 Å². The van der Waals surface area contributed by atoms with Crippen LogP contribution in [0.2, 0.25) is 0 Å². The number of anilines is 1. The SMILES string of the molecule is Cl.Cl.NCCCCCCC(=O)N1CCC(Nc2ccc([N+](=O)[O-])cn2)C1. The van der Waals surface area contributed by atoms with Crippen LogP contribution < -0.4 is 11.1 Å². The molecule has 1 aliphatic heterocycles. The quantitative estimate of drug-likeness (QED) is 0.369. The van der Waals surface area contributed by atoms with Crippen molar-refractivity contribution in [3.8, 4) is 0 Å². The smallest absolute Gasteiger partial charge is 0.287 e. The lowest BCUT2D eigenvalue weighted by Crippen LogP contribution is -2.31. The molecule has 1 aromatic rings. The van der Waals surface area contributed by atoms with Crippen LogP contribution in [-0.2, 0) is 4.79 Å². The van der Waals surface area contributed by atoms with Crippen LogP contribution in [-0.4, -0.2) is 46.4 Å². The number of nitrogens with one attached hydrogen (secondary N) is 1. The Morgan fingerprint density at radius 1 is 1.31 bits per heavy atom. The third-order valence-electron chi connectivity index (χ3n) is 4.20. The fourth-order valence-electron chi connectivity index (χ4n) is 2.83. The number of carbonyl (C=O) groups is 1. The predicted molar refractivity (Wildman–Crippen MR) is 106 cm³/mol. The molecular weight excluding hydrogens is 381 g/mol. The second-order valence-electron chi connectivity index (χ2n) is 6.08. The van der Waals surface area contributed by atoms with Crippen LogP contribution >= 0.6 is 24.8 Å². The van der Waals surface area contributed by atoms with Gasteiger partial charge < -0.3 is 16.0 Å². The van der Waals surface area contributed by atoms with Gasteiger partial charge in [0.05, 0.1) is 4.92 Å². The minimum Gasteiger partial charge on any atom is -0.365 e. The number of hydrogen-bond acceptors (Lipinski definition) is 6. The highest BCUT2D eigenvalue weighted by Gasteiger charge is 2.26. The molecule has 1 aliphatic rings. The van der Waals surface area contributed by atoms with Crippen LogP contribution in [0.15, 0.2) is 18.3 Å². The summed E-state index contributed by atoms with van der Waals surface area (Å²) in [6.07, 6.45) is 6.75. The number of carbonyl (C=O) groups excluding carboxylic acids is 1. The number of likely N-dealkylation sites (tertiary alicyclic amines) is 1. The molecule has 10 heteroatoms. The van der Waals surface area contributed by atoms with E-state index in [1.165, 1.54) is 12.3 Å². The van der Waals surface area contributed by atoms with Crippen LogP contribution in [0, 0.1) is 10.1 Å². The van der Waals surface area contributed by atoms with Crippen molar-refractivity contribution in [2.45, 2.75) is 44.6 Å². The topological polar surface area (TPSA) is 114 Å². The number of nitrogens with two attached hydrogens (primary N) is 1. The zero-order valence-electron chi connectivity index (χ0n) is 14.6. The van der Waals surface area contributed by atoms with Gasteiger partial charge in [-0.05, 0) is 31.9 Å². The molecule has 1 amide bonds. The number of amides is 1. The second-order valence-corrected chi connectivity index (χ2v) is 6.08. The van der Waals surface area contributed by atoms with Crippen molar-refractivity contribution in [3.63, 3.8) is 0 Å². The summed E-state index contributed by atoms with van der Waals surface area (Å²) in [6.45, 7) is 2.11. The molecule has 1 aromatic heterocycles. The van der Waals surface area contributed by atoms with Crippen molar-refractivity contribution in [2.75, 3.05) is 25.0 Å². The van der Waals surface area contributed by atoms with Crippen LogP contribution in [0.25, 0.3) is 0 Å². The minimum atomic E-state index is -0.472. The molecule has 0 radical (unpaired) electrons. The van der Waals surface area contributed by atoms with E-state index in [4.69, 9.17) is 5.73 Å². The first-order valence-corrected chi connectivity index (χ1v) is 8.45. The summed E-state index contributed by atoms with van der Waals surface area (Å²) in [5, 5.41) is 13.8. The Hall–Kier alpha value is -1.64. The van der Waals surface area contributed by atoms with Crippen molar-refractivity contribution < 1.29 is 9.72 Å². The van der Waals surface area contributed by atoms with Gasteiger partial charge in [0.15, 0.2) is 0 Å². The molecule has 3 N–H and O–H groups in total. The first-order chi connectivity index (χ1) is 11.6. The first kappa shape index (κ1) is 24.4. The van der Waals surface area contributed by atoms with E-state index in [1.54, 1.807) is 6.07 Å². The highest BCUT2D eigenvalue weighted by atomic mass is 35.5. The Morgan fingerprint density at radius 3 is 2.65 bits per heavy atom. The lowest BCUT2D eigenvalue weighted by molar-refractivity contribution is -0.385. The largest absolute Gasteiger partial charge is 0.365 e. The monoisotopic (exact) mass is 407 g/mol. The molecule has 0 aliphatic carbocycles. The summed E-state index contributed by atoms with van der Waals surface area (Å²) in [5.74, 6) is 0.797. The standard InChI is InChI=1S/C16H25N5O3.2ClH/c17-9-4-2-1-3-5-16(22)20-10-8-13(12-20)19-15-7-6-14(11-18-15)21(23)24;;/h6-7,11,13H,1-5,8-10,12,17H2,(H,18,19);2*1H. The zero-order valence-corrected chi connectivity index (χ0v) is 16.3. The average molecular weight is 408 g/mol. The molecule has 2 heterocycles. The molecule has 2 rings (SSSR count). The zero-order chi connectivity index (χ0) is 17.4. The molecule has 1 saturated heterocycles. The summed E-state index contributed by atoms with van der Waals surface area (Å²) >= 11 is 0. The number of nitrogens with zero attached hydrogens (tertiary/aromatic N) is 3. The maximum absolute atomic E-state index is 12.2. The number of halogens is 2. The highest BCUT2D eigenvalue weighted by molar-refractivity contribution is 5.85. The molecule has 1 fully saturated rings. The third kappa shape index (κ3) is 7.72. The van der Waals surface area contributed by atoms with Crippen LogP contribution in [0.5, 0.6) is 0 Å². The van der Waals surface area contributed by atoms with Gasteiger partial charge in [0.25, 0.3) is 5.69 Å². The van der Waals surface area contributed by atoms with Crippen molar-refractivity contribution in [1.29, 1.82) is 0 Å². The summed E-state index contributed by atoms with van der Waals surface area (Å²) in [5.41, 5.74) is 5.42. The van der Waals surface area contributed by atoms with Crippen molar-refractivity contribution >= 4 is 42.2 Å².